The molecule has 2 aromatic rings. The highest BCUT2D eigenvalue weighted by Gasteiger charge is 2.13. The Morgan fingerprint density at radius 2 is 1.88 bits per heavy atom. The fourth-order valence-corrected chi connectivity index (χ4v) is 2.64. The van der Waals surface area contributed by atoms with Crippen LogP contribution >= 0.6 is 23.2 Å². The van der Waals surface area contributed by atoms with Gasteiger partial charge < -0.3 is 14.8 Å². The van der Waals surface area contributed by atoms with Gasteiger partial charge in [0.15, 0.2) is 11.5 Å². The van der Waals surface area contributed by atoms with Gasteiger partial charge in [0.2, 0.25) is 0 Å². The number of rotatable bonds is 7. The minimum atomic E-state index is -0.388. The van der Waals surface area contributed by atoms with Gasteiger partial charge in [-0.25, -0.2) is 4.39 Å². The number of ether oxygens (including phenoxy) is 2. The van der Waals surface area contributed by atoms with E-state index >= 15 is 0 Å². The predicted molar refractivity (Wildman–Crippen MR) is 95.7 cm³/mol. The standard InChI is InChI=1S/C18H20Cl2FNO2/c1-11(2)22-9-12-6-16(20)18(17(7-12)23-3)24-10-13-4-5-14(21)8-15(13)19/h4-8,11,22H,9-10H2,1-3H3. The zero-order valence-electron chi connectivity index (χ0n) is 13.8. The second-order valence-corrected chi connectivity index (χ2v) is 6.48. The molecule has 0 heterocycles. The Morgan fingerprint density at radius 3 is 2.50 bits per heavy atom. The lowest BCUT2D eigenvalue weighted by Crippen LogP contribution is -2.21. The van der Waals surface area contributed by atoms with E-state index in [2.05, 4.69) is 19.2 Å². The van der Waals surface area contributed by atoms with Crippen LogP contribution in [0.2, 0.25) is 10.0 Å². The van der Waals surface area contributed by atoms with E-state index in [1.807, 2.05) is 12.1 Å². The van der Waals surface area contributed by atoms with Gasteiger partial charge in [-0.15, -0.1) is 0 Å². The summed E-state index contributed by atoms with van der Waals surface area (Å²) in [7, 11) is 1.56. The van der Waals surface area contributed by atoms with Gasteiger partial charge in [-0.2, -0.15) is 0 Å². The Bertz CT molecular complexity index is 708. The monoisotopic (exact) mass is 371 g/mol. The van der Waals surface area contributed by atoms with Gasteiger partial charge in [0.1, 0.15) is 12.4 Å². The first-order valence-electron chi connectivity index (χ1n) is 7.57. The molecule has 0 fully saturated rings. The van der Waals surface area contributed by atoms with Crippen molar-refractivity contribution >= 4 is 23.2 Å². The van der Waals surface area contributed by atoms with E-state index in [1.165, 1.54) is 12.1 Å². The summed E-state index contributed by atoms with van der Waals surface area (Å²) < 4.78 is 24.2. The summed E-state index contributed by atoms with van der Waals surface area (Å²) in [6.45, 7) is 4.99. The van der Waals surface area contributed by atoms with Gasteiger partial charge in [0.25, 0.3) is 0 Å². The van der Waals surface area contributed by atoms with E-state index in [0.717, 1.165) is 5.56 Å². The van der Waals surface area contributed by atoms with Crippen LogP contribution in [0.1, 0.15) is 25.0 Å². The molecule has 0 aliphatic heterocycles. The summed E-state index contributed by atoms with van der Waals surface area (Å²) in [5.74, 6) is 0.593. The maximum Gasteiger partial charge on any atom is 0.180 e. The molecule has 0 amide bonds. The van der Waals surface area contributed by atoms with Crippen LogP contribution in [0.3, 0.4) is 0 Å². The van der Waals surface area contributed by atoms with Crippen LogP contribution < -0.4 is 14.8 Å². The van der Waals surface area contributed by atoms with Crippen LogP contribution in [0.4, 0.5) is 4.39 Å². The van der Waals surface area contributed by atoms with Crippen LogP contribution in [0.25, 0.3) is 0 Å². The fourth-order valence-electron chi connectivity index (χ4n) is 2.13. The average Bonchev–Trinajstić information content (AvgIpc) is 2.52. The smallest absolute Gasteiger partial charge is 0.180 e. The molecule has 3 nitrogen and oxygen atoms in total. The maximum atomic E-state index is 13.1. The van der Waals surface area contributed by atoms with Crippen LogP contribution in [0, 0.1) is 5.82 Å². The zero-order valence-corrected chi connectivity index (χ0v) is 15.3. The minimum absolute atomic E-state index is 0.165. The summed E-state index contributed by atoms with van der Waals surface area (Å²) in [6.07, 6.45) is 0. The van der Waals surface area contributed by atoms with Gasteiger partial charge >= 0.3 is 0 Å². The van der Waals surface area contributed by atoms with Crippen molar-refractivity contribution in [2.24, 2.45) is 0 Å². The number of nitrogens with one attached hydrogen (secondary N) is 1. The summed E-state index contributed by atoms with van der Waals surface area (Å²) in [5.41, 5.74) is 1.67. The zero-order chi connectivity index (χ0) is 17.7. The number of halogens is 3. The van der Waals surface area contributed by atoms with Crippen molar-refractivity contribution in [1.82, 2.24) is 5.32 Å². The van der Waals surface area contributed by atoms with Gasteiger partial charge in [0, 0.05) is 18.2 Å². The SMILES string of the molecule is COc1cc(CNC(C)C)cc(Cl)c1OCc1ccc(F)cc1Cl. The van der Waals surface area contributed by atoms with Crippen molar-refractivity contribution in [1.29, 1.82) is 0 Å². The number of methoxy groups -OCH3 is 1. The third kappa shape index (κ3) is 5.00. The highest BCUT2D eigenvalue weighted by atomic mass is 35.5. The second kappa shape index (κ2) is 8.56. The van der Waals surface area contributed by atoms with E-state index in [9.17, 15) is 4.39 Å². The van der Waals surface area contributed by atoms with Gasteiger partial charge in [-0.05, 0) is 29.8 Å². The third-order valence-corrected chi connectivity index (χ3v) is 4.02. The van der Waals surface area contributed by atoms with E-state index in [1.54, 1.807) is 13.2 Å². The van der Waals surface area contributed by atoms with Gasteiger partial charge in [-0.3, -0.25) is 0 Å². The van der Waals surface area contributed by atoms with E-state index in [4.69, 9.17) is 32.7 Å². The van der Waals surface area contributed by atoms with Gasteiger partial charge in [0.05, 0.1) is 17.2 Å². The topological polar surface area (TPSA) is 30.5 Å². The first-order valence-corrected chi connectivity index (χ1v) is 8.32. The highest BCUT2D eigenvalue weighted by molar-refractivity contribution is 6.32. The van der Waals surface area contributed by atoms with Crippen molar-refractivity contribution in [2.75, 3.05) is 7.11 Å². The molecular weight excluding hydrogens is 352 g/mol. The van der Waals surface area contributed by atoms with Crippen molar-refractivity contribution in [2.45, 2.75) is 33.0 Å². The molecule has 0 atom stereocenters. The summed E-state index contributed by atoms with van der Waals surface area (Å²) in [4.78, 5) is 0. The quantitative estimate of drug-likeness (QED) is 0.723. The van der Waals surface area contributed by atoms with E-state index in [-0.39, 0.29) is 12.4 Å². The molecule has 24 heavy (non-hydrogen) atoms. The van der Waals surface area contributed by atoms with Crippen molar-refractivity contribution in [3.8, 4) is 11.5 Å². The first-order chi connectivity index (χ1) is 11.4. The van der Waals surface area contributed by atoms with Crippen LogP contribution in [0.5, 0.6) is 11.5 Å². The Morgan fingerprint density at radius 1 is 1.12 bits per heavy atom. The van der Waals surface area contributed by atoms with Crippen LogP contribution in [0.15, 0.2) is 30.3 Å². The molecule has 130 valence electrons. The molecule has 1 N–H and O–H groups in total. The Labute approximate surface area is 151 Å². The molecule has 0 radical (unpaired) electrons. The number of benzene rings is 2. The Hall–Kier alpha value is -1.49. The molecule has 2 aromatic carbocycles. The largest absolute Gasteiger partial charge is 0.493 e. The maximum absolute atomic E-state index is 13.1. The molecule has 0 aromatic heterocycles. The normalized spacial score (nSPS) is 11.0. The molecule has 0 saturated carbocycles. The molecular formula is C18H20Cl2FNO2. The third-order valence-electron chi connectivity index (χ3n) is 3.39. The molecule has 0 spiro atoms. The molecule has 0 unspecified atom stereocenters. The lowest BCUT2D eigenvalue weighted by molar-refractivity contribution is 0.284. The molecule has 0 aliphatic carbocycles. The number of hydrogen-bond donors (Lipinski definition) is 1. The van der Waals surface area contributed by atoms with Crippen molar-refractivity contribution in [3.05, 3.63) is 57.3 Å². The van der Waals surface area contributed by atoms with Crippen LogP contribution in [-0.2, 0) is 13.2 Å². The van der Waals surface area contributed by atoms with Crippen molar-refractivity contribution in [3.63, 3.8) is 0 Å². The molecule has 0 bridgehead atoms. The Balaban J connectivity index is 2.17. The number of hydrogen-bond acceptors (Lipinski definition) is 3. The minimum Gasteiger partial charge on any atom is -0.493 e. The van der Waals surface area contributed by atoms with Crippen LogP contribution in [-0.4, -0.2) is 13.2 Å². The molecule has 6 heteroatoms. The second-order valence-electron chi connectivity index (χ2n) is 5.67. The highest BCUT2D eigenvalue weighted by Crippen LogP contribution is 2.37. The lowest BCUT2D eigenvalue weighted by Gasteiger charge is -2.16. The summed E-state index contributed by atoms with van der Waals surface area (Å²) in [5, 5.41) is 4.08. The Kier molecular flexibility index (Phi) is 6.72. The average molecular weight is 372 g/mol. The van der Waals surface area contributed by atoms with E-state index in [0.29, 0.717) is 39.7 Å². The van der Waals surface area contributed by atoms with E-state index < -0.39 is 0 Å². The fraction of sp³-hybridized carbons (Fsp3) is 0.333. The summed E-state index contributed by atoms with van der Waals surface area (Å²) >= 11 is 12.3. The molecule has 2 rings (SSSR count). The first kappa shape index (κ1) is 18.8. The summed E-state index contributed by atoms with van der Waals surface area (Å²) in [6, 6.07) is 8.25. The molecule has 0 saturated heterocycles. The van der Waals surface area contributed by atoms with Crippen molar-refractivity contribution < 1.29 is 13.9 Å². The molecule has 0 aliphatic rings. The van der Waals surface area contributed by atoms with Gasteiger partial charge in [-0.1, -0.05) is 43.1 Å². The predicted octanol–water partition coefficient (Wildman–Crippen LogP) is 5.22. The lowest BCUT2D eigenvalue weighted by atomic mass is 10.2.